The Morgan fingerprint density at radius 3 is 1.62 bits per heavy atom. The maximum atomic E-state index is 14.0. The van der Waals surface area contributed by atoms with Crippen LogP contribution in [0.25, 0.3) is 0 Å². The molecule has 0 bridgehead atoms. The SMILES string of the molecule is CC(=O)CC(C)(C)P(=O)(c1ccccc1)c1ccccc1. The van der Waals surface area contributed by atoms with Crippen LogP contribution in [0.2, 0.25) is 0 Å². The zero-order valence-electron chi connectivity index (χ0n) is 12.7. The molecule has 0 aliphatic heterocycles. The minimum Gasteiger partial charge on any atom is -0.313 e. The van der Waals surface area contributed by atoms with Crippen molar-refractivity contribution in [1.29, 1.82) is 0 Å². The van der Waals surface area contributed by atoms with Gasteiger partial charge in [-0.25, -0.2) is 0 Å². The number of rotatable bonds is 5. The molecule has 0 aliphatic carbocycles. The molecule has 0 aliphatic rings. The lowest BCUT2D eigenvalue weighted by atomic mass is 10.1. The van der Waals surface area contributed by atoms with Crippen LogP contribution in [0.5, 0.6) is 0 Å². The largest absolute Gasteiger partial charge is 0.313 e. The molecule has 0 aromatic heterocycles. The van der Waals surface area contributed by atoms with Crippen LogP contribution in [0.1, 0.15) is 27.2 Å². The van der Waals surface area contributed by atoms with E-state index in [1.54, 1.807) is 6.92 Å². The summed E-state index contributed by atoms with van der Waals surface area (Å²) >= 11 is 0. The molecule has 110 valence electrons. The van der Waals surface area contributed by atoms with E-state index in [0.29, 0.717) is 6.42 Å². The van der Waals surface area contributed by atoms with Crippen LogP contribution in [0, 0.1) is 0 Å². The van der Waals surface area contributed by atoms with Gasteiger partial charge in [0.1, 0.15) is 12.9 Å². The van der Waals surface area contributed by atoms with Crippen LogP contribution < -0.4 is 10.6 Å². The van der Waals surface area contributed by atoms with Crippen LogP contribution in [-0.2, 0) is 9.36 Å². The molecule has 2 aromatic rings. The van der Waals surface area contributed by atoms with Gasteiger partial charge >= 0.3 is 0 Å². The van der Waals surface area contributed by atoms with Gasteiger partial charge in [-0.15, -0.1) is 0 Å². The topological polar surface area (TPSA) is 34.1 Å². The molecule has 0 N–H and O–H groups in total. The second kappa shape index (κ2) is 5.99. The molecule has 2 rings (SSSR count). The third-order valence-electron chi connectivity index (χ3n) is 3.77. The first-order valence-electron chi connectivity index (χ1n) is 7.09. The first-order valence-corrected chi connectivity index (χ1v) is 8.79. The Labute approximate surface area is 126 Å². The van der Waals surface area contributed by atoms with Crippen molar-refractivity contribution in [1.82, 2.24) is 0 Å². The van der Waals surface area contributed by atoms with Gasteiger partial charge < -0.3 is 4.57 Å². The highest BCUT2D eigenvalue weighted by Gasteiger charge is 2.43. The lowest BCUT2D eigenvalue weighted by Crippen LogP contribution is -2.34. The Balaban J connectivity index is 2.66. The van der Waals surface area contributed by atoms with Crippen molar-refractivity contribution in [3.8, 4) is 0 Å². The standard InChI is InChI=1S/C18H21O2P/c1-15(19)14-18(2,3)21(20,16-10-6-4-7-11-16)17-12-8-5-9-13-17/h4-13H,14H2,1-3H3. The average Bonchev–Trinajstić information content (AvgIpc) is 2.46. The highest BCUT2D eigenvalue weighted by molar-refractivity contribution is 7.80. The van der Waals surface area contributed by atoms with E-state index in [9.17, 15) is 9.36 Å². The summed E-state index contributed by atoms with van der Waals surface area (Å²) in [6, 6.07) is 19.0. The van der Waals surface area contributed by atoms with Crippen molar-refractivity contribution in [2.75, 3.05) is 0 Å². The fourth-order valence-corrected chi connectivity index (χ4v) is 6.17. The Kier molecular flexibility index (Phi) is 4.49. The maximum Gasteiger partial charge on any atom is 0.148 e. The van der Waals surface area contributed by atoms with Gasteiger partial charge in [0.05, 0.1) is 0 Å². The summed E-state index contributed by atoms with van der Waals surface area (Å²) in [4.78, 5) is 11.6. The summed E-state index contributed by atoms with van der Waals surface area (Å²) in [7, 11) is -2.90. The number of hydrogen-bond acceptors (Lipinski definition) is 2. The van der Waals surface area contributed by atoms with Crippen LogP contribution >= 0.6 is 7.14 Å². The van der Waals surface area contributed by atoms with Crippen LogP contribution in [0.3, 0.4) is 0 Å². The Morgan fingerprint density at radius 1 is 0.905 bits per heavy atom. The summed E-state index contributed by atoms with van der Waals surface area (Å²) in [6.07, 6.45) is 0.300. The zero-order chi connectivity index (χ0) is 15.5. The summed E-state index contributed by atoms with van der Waals surface area (Å²) in [5, 5.41) is 1.01. The lowest BCUT2D eigenvalue weighted by Gasteiger charge is -2.35. The highest BCUT2D eigenvalue weighted by atomic mass is 31.2. The zero-order valence-corrected chi connectivity index (χ0v) is 13.6. The van der Waals surface area contributed by atoms with Crippen molar-refractivity contribution < 1.29 is 9.36 Å². The van der Waals surface area contributed by atoms with Crippen molar-refractivity contribution in [3.63, 3.8) is 0 Å². The van der Waals surface area contributed by atoms with Gasteiger partial charge in [-0.05, 0) is 6.92 Å². The van der Waals surface area contributed by atoms with E-state index in [1.165, 1.54) is 0 Å². The number of hydrogen-bond donors (Lipinski definition) is 0. The number of benzene rings is 2. The van der Waals surface area contributed by atoms with E-state index in [0.717, 1.165) is 10.6 Å². The molecular formula is C18H21O2P. The summed E-state index contributed by atoms with van der Waals surface area (Å²) in [5.41, 5.74) is 0. The fourth-order valence-electron chi connectivity index (χ4n) is 2.84. The Morgan fingerprint density at radius 2 is 1.29 bits per heavy atom. The summed E-state index contributed by atoms with van der Waals surface area (Å²) in [6.45, 7) is 5.41. The third-order valence-corrected chi connectivity index (χ3v) is 7.69. The highest BCUT2D eigenvalue weighted by Crippen LogP contribution is 2.57. The average molecular weight is 300 g/mol. The van der Waals surface area contributed by atoms with Crippen molar-refractivity contribution in [2.45, 2.75) is 32.3 Å². The van der Waals surface area contributed by atoms with Crippen LogP contribution in [-0.4, -0.2) is 10.9 Å². The van der Waals surface area contributed by atoms with E-state index in [4.69, 9.17) is 0 Å². The van der Waals surface area contributed by atoms with Gasteiger partial charge in [0.25, 0.3) is 0 Å². The van der Waals surface area contributed by atoms with Gasteiger partial charge in [-0.1, -0.05) is 74.5 Å². The van der Waals surface area contributed by atoms with Crippen molar-refractivity contribution >= 4 is 23.5 Å². The van der Waals surface area contributed by atoms with Gasteiger partial charge in [0, 0.05) is 22.2 Å². The van der Waals surface area contributed by atoms with Crippen LogP contribution in [0.15, 0.2) is 60.7 Å². The Bertz CT molecular complexity index is 617. The molecule has 0 amide bonds. The lowest BCUT2D eigenvalue weighted by molar-refractivity contribution is -0.117. The maximum absolute atomic E-state index is 14.0. The predicted molar refractivity (Wildman–Crippen MR) is 89.1 cm³/mol. The van der Waals surface area contributed by atoms with E-state index < -0.39 is 12.3 Å². The Hall–Kier alpha value is -1.66. The minimum atomic E-state index is -2.90. The molecule has 21 heavy (non-hydrogen) atoms. The first kappa shape index (κ1) is 15.7. The van der Waals surface area contributed by atoms with E-state index in [2.05, 4.69) is 0 Å². The normalized spacial score (nSPS) is 12.1. The first-order chi connectivity index (χ1) is 9.88. The molecule has 0 atom stereocenters. The van der Waals surface area contributed by atoms with Gasteiger partial charge in [0.2, 0.25) is 0 Å². The van der Waals surface area contributed by atoms with Crippen molar-refractivity contribution in [2.24, 2.45) is 0 Å². The molecule has 0 spiro atoms. The van der Waals surface area contributed by atoms with Gasteiger partial charge in [0.15, 0.2) is 0 Å². The molecule has 2 aromatic carbocycles. The second-order valence-electron chi connectivity index (χ2n) is 5.97. The molecule has 0 saturated heterocycles. The quantitative estimate of drug-likeness (QED) is 0.788. The molecule has 2 nitrogen and oxygen atoms in total. The summed E-state index contributed by atoms with van der Waals surface area (Å²) in [5.74, 6) is 0.0621. The van der Waals surface area contributed by atoms with E-state index >= 15 is 0 Å². The second-order valence-corrected chi connectivity index (χ2v) is 9.43. The smallest absolute Gasteiger partial charge is 0.148 e. The molecule has 0 unspecified atom stereocenters. The molecular weight excluding hydrogens is 279 g/mol. The third kappa shape index (κ3) is 3.01. The van der Waals surface area contributed by atoms with Crippen LogP contribution in [0.4, 0.5) is 0 Å². The summed E-state index contributed by atoms with van der Waals surface area (Å²) < 4.78 is 14.0. The van der Waals surface area contributed by atoms with E-state index in [1.807, 2.05) is 74.5 Å². The molecule has 0 radical (unpaired) electrons. The molecule has 0 heterocycles. The van der Waals surface area contributed by atoms with Gasteiger partial charge in [-0.2, -0.15) is 0 Å². The minimum absolute atomic E-state index is 0.0621. The van der Waals surface area contributed by atoms with Crippen molar-refractivity contribution in [3.05, 3.63) is 60.7 Å². The molecule has 0 saturated carbocycles. The molecule has 0 fully saturated rings. The number of carbonyl (C=O) groups excluding carboxylic acids is 1. The number of ketones is 1. The predicted octanol–water partition coefficient (Wildman–Crippen LogP) is 3.76. The van der Waals surface area contributed by atoms with E-state index in [-0.39, 0.29) is 5.78 Å². The van der Waals surface area contributed by atoms with Gasteiger partial charge in [-0.3, -0.25) is 4.79 Å². The monoisotopic (exact) mass is 300 g/mol. The fraction of sp³-hybridized carbons (Fsp3) is 0.278. The number of carbonyl (C=O) groups is 1. The molecule has 3 heteroatoms. The number of Topliss-reactive ketones (excluding diaryl/α,β-unsaturated/α-hetero) is 1.